The Labute approximate surface area is 201 Å². The molecule has 1 aromatic heterocycles. The number of hydrogen-bond donors (Lipinski definition) is 2. The number of methoxy groups -OCH3 is 2. The van der Waals surface area contributed by atoms with Crippen molar-refractivity contribution < 1.29 is 19.1 Å². The summed E-state index contributed by atoms with van der Waals surface area (Å²) in [5.74, 6) is 0.631. The topological polar surface area (TPSA) is 89.5 Å². The van der Waals surface area contributed by atoms with E-state index < -0.39 is 0 Å². The quantitative estimate of drug-likeness (QED) is 0.381. The summed E-state index contributed by atoms with van der Waals surface area (Å²) in [6, 6.07) is 22.6. The van der Waals surface area contributed by atoms with Crippen molar-refractivity contribution in [3.05, 3.63) is 83.7 Å². The summed E-state index contributed by atoms with van der Waals surface area (Å²) in [7, 11) is 3.17. The first-order valence-corrected chi connectivity index (χ1v) is 11.4. The van der Waals surface area contributed by atoms with Gasteiger partial charge in [0.2, 0.25) is 5.91 Å². The van der Waals surface area contributed by atoms with E-state index in [4.69, 9.17) is 9.47 Å². The van der Waals surface area contributed by atoms with Crippen LogP contribution in [0.25, 0.3) is 22.4 Å². The first-order chi connectivity index (χ1) is 16.6. The molecule has 4 aromatic rings. The van der Waals surface area contributed by atoms with E-state index in [9.17, 15) is 9.59 Å². The maximum absolute atomic E-state index is 12.4. The Hall–Kier alpha value is -4.17. The van der Waals surface area contributed by atoms with Crippen LogP contribution in [-0.2, 0) is 4.79 Å². The van der Waals surface area contributed by atoms with Gasteiger partial charge in [0.25, 0.3) is 5.91 Å². The van der Waals surface area contributed by atoms with E-state index in [2.05, 4.69) is 15.6 Å². The van der Waals surface area contributed by atoms with Gasteiger partial charge in [0.05, 0.1) is 26.5 Å². The molecule has 8 heteroatoms. The van der Waals surface area contributed by atoms with Gasteiger partial charge in [0.1, 0.15) is 11.5 Å². The molecule has 0 radical (unpaired) electrons. The average Bonchev–Trinajstić information content (AvgIpc) is 3.35. The Morgan fingerprint density at radius 1 is 0.912 bits per heavy atom. The first kappa shape index (κ1) is 23.0. The molecule has 4 rings (SSSR count). The molecule has 0 spiro atoms. The smallest absolute Gasteiger partial charge is 0.251 e. The van der Waals surface area contributed by atoms with E-state index in [1.54, 1.807) is 38.5 Å². The summed E-state index contributed by atoms with van der Waals surface area (Å²) < 4.78 is 10.7. The van der Waals surface area contributed by atoms with Crippen LogP contribution in [0.15, 0.2) is 78.2 Å². The van der Waals surface area contributed by atoms with Gasteiger partial charge in [-0.2, -0.15) is 0 Å². The normalized spacial score (nSPS) is 10.4. The number of anilines is 1. The van der Waals surface area contributed by atoms with Gasteiger partial charge in [0, 0.05) is 16.5 Å². The van der Waals surface area contributed by atoms with Crippen molar-refractivity contribution in [1.29, 1.82) is 0 Å². The molecular formula is C26H23N3O4S. The number of hydrogen-bond acceptors (Lipinski definition) is 6. The lowest BCUT2D eigenvalue weighted by molar-refractivity contribution is -0.115. The molecule has 0 aliphatic rings. The predicted octanol–water partition coefficient (Wildman–Crippen LogP) is 4.86. The highest BCUT2D eigenvalue weighted by atomic mass is 32.1. The van der Waals surface area contributed by atoms with Gasteiger partial charge in [0.15, 0.2) is 5.13 Å². The maximum Gasteiger partial charge on any atom is 0.251 e. The second-order valence-corrected chi connectivity index (χ2v) is 8.14. The average molecular weight is 474 g/mol. The Balaban J connectivity index is 1.34. The molecule has 0 saturated carbocycles. The molecule has 7 nitrogen and oxygen atoms in total. The number of carbonyl (C=O) groups excluding carboxylic acids is 2. The molecule has 2 N–H and O–H groups in total. The van der Waals surface area contributed by atoms with E-state index in [1.807, 2.05) is 53.9 Å². The van der Waals surface area contributed by atoms with Gasteiger partial charge in [-0.15, -0.1) is 11.3 Å². The largest absolute Gasteiger partial charge is 0.497 e. The van der Waals surface area contributed by atoms with Crippen molar-refractivity contribution in [3.63, 3.8) is 0 Å². The summed E-state index contributed by atoms with van der Waals surface area (Å²) >= 11 is 1.28. The van der Waals surface area contributed by atoms with Crippen LogP contribution in [0.4, 0.5) is 5.13 Å². The monoisotopic (exact) mass is 473 g/mol. The number of ether oxygens (including phenoxy) is 2. The predicted molar refractivity (Wildman–Crippen MR) is 133 cm³/mol. The van der Waals surface area contributed by atoms with Crippen LogP contribution in [0.5, 0.6) is 11.5 Å². The lowest BCUT2D eigenvalue weighted by Gasteiger charge is -2.08. The molecule has 0 fully saturated rings. The highest BCUT2D eigenvalue weighted by Crippen LogP contribution is 2.35. The number of rotatable bonds is 8. The van der Waals surface area contributed by atoms with Gasteiger partial charge >= 0.3 is 0 Å². The van der Waals surface area contributed by atoms with Crippen molar-refractivity contribution in [2.45, 2.75) is 0 Å². The number of nitrogens with one attached hydrogen (secondary N) is 2. The van der Waals surface area contributed by atoms with E-state index in [0.717, 1.165) is 16.7 Å². The number of amides is 2. The number of carbonyl (C=O) groups is 2. The Kier molecular flexibility index (Phi) is 7.19. The fourth-order valence-electron chi connectivity index (χ4n) is 3.34. The lowest BCUT2D eigenvalue weighted by atomic mass is 10.0. The number of nitrogens with zero attached hydrogens (tertiary/aromatic N) is 1. The van der Waals surface area contributed by atoms with Gasteiger partial charge in [-0.25, -0.2) is 4.98 Å². The number of thiazole rings is 1. The Morgan fingerprint density at radius 3 is 2.35 bits per heavy atom. The molecule has 0 atom stereocenters. The summed E-state index contributed by atoms with van der Waals surface area (Å²) in [5, 5.41) is 7.60. The Bertz CT molecular complexity index is 1290. The minimum atomic E-state index is -0.368. The van der Waals surface area contributed by atoms with Crippen molar-refractivity contribution in [2.24, 2.45) is 0 Å². The molecule has 0 aliphatic heterocycles. The van der Waals surface area contributed by atoms with Crippen LogP contribution in [0.3, 0.4) is 0 Å². The third-order valence-electron chi connectivity index (χ3n) is 5.10. The molecular weight excluding hydrogens is 450 g/mol. The SMILES string of the molecule is COc1ccc(OC)c(-c2csc(NC(=O)CNC(=O)c3ccc(-c4ccccc4)cc3)n2)c1. The van der Waals surface area contributed by atoms with Crippen LogP contribution in [0.2, 0.25) is 0 Å². The standard InChI is InChI=1S/C26H23N3O4S/c1-32-20-12-13-23(33-2)21(14-20)22-16-34-26(28-22)29-24(30)15-27-25(31)19-10-8-18(9-11-19)17-6-4-3-5-7-17/h3-14,16H,15H2,1-2H3,(H,27,31)(H,28,29,30). The van der Waals surface area contributed by atoms with Gasteiger partial charge in [-0.1, -0.05) is 42.5 Å². The highest BCUT2D eigenvalue weighted by molar-refractivity contribution is 7.14. The van der Waals surface area contributed by atoms with Gasteiger partial charge in [-0.05, 0) is 41.5 Å². The molecule has 0 bridgehead atoms. The van der Waals surface area contributed by atoms with Gasteiger partial charge in [-0.3, -0.25) is 9.59 Å². The minimum Gasteiger partial charge on any atom is -0.497 e. The molecule has 34 heavy (non-hydrogen) atoms. The minimum absolute atomic E-state index is 0.170. The van der Waals surface area contributed by atoms with E-state index in [-0.39, 0.29) is 18.4 Å². The van der Waals surface area contributed by atoms with Crippen molar-refractivity contribution in [3.8, 4) is 33.9 Å². The zero-order valence-electron chi connectivity index (χ0n) is 18.7. The molecule has 2 amide bonds. The summed E-state index contributed by atoms with van der Waals surface area (Å²) in [5.41, 5.74) is 3.98. The van der Waals surface area contributed by atoms with Crippen molar-refractivity contribution >= 4 is 28.3 Å². The van der Waals surface area contributed by atoms with Crippen molar-refractivity contribution in [1.82, 2.24) is 10.3 Å². The van der Waals surface area contributed by atoms with Crippen LogP contribution in [0.1, 0.15) is 10.4 Å². The molecule has 0 aliphatic carbocycles. The first-order valence-electron chi connectivity index (χ1n) is 10.5. The fraction of sp³-hybridized carbons (Fsp3) is 0.115. The zero-order chi connectivity index (χ0) is 23.9. The summed E-state index contributed by atoms with van der Waals surface area (Å²) in [4.78, 5) is 29.3. The van der Waals surface area contributed by atoms with Crippen LogP contribution in [0, 0.1) is 0 Å². The summed E-state index contributed by atoms with van der Waals surface area (Å²) in [6.45, 7) is -0.170. The third-order valence-corrected chi connectivity index (χ3v) is 5.85. The second kappa shape index (κ2) is 10.6. The molecule has 172 valence electrons. The van der Waals surface area contributed by atoms with Crippen LogP contribution < -0.4 is 20.1 Å². The molecule has 0 saturated heterocycles. The van der Waals surface area contributed by atoms with Crippen LogP contribution in [-0.4, -0.2) is 37.6 Å². The molecule has 0 unspecified atom stereocenters. The number of aromatic nitrogens is 1. The summed E-state index contributed by atoms with van der Waals surface area (Å²) in [6.07, 6.45) is 0. The number of benzene rings is 3. The second-order valence-electron chi connectivity index (χ2n) is 7.28. The third kappa shape index (κ3) is 5.41. The molecule has 1 heterocycles. The lowest BCUT2D eigenvalue weighted by Crippen LogP contribution is -2.32. The Morgan fingerprint density at radius 2 is 1.65 bits per heavy atom. The van der Waals surface area contributed by atoms with Crippen LogP contribution >= 0.6 is 11.3 Å². The fourth-order valence-corrected chi connectivity index (χ4v) is 4.07. The van der Waals surface area contributed by atoms with E-state index >= 15 is 0 Å². The van der Waals surface area contributed by atoms with Crippen molar-refractivity contribution in [2.75, 3.05) is 26.1 Å². The zero-order valence-corrected chi connectivity index (χ0v) is 19.5. The molecule has 3 aromatic carbocycles. The highest BCUT2D eigenvalue weighted by Gasteiger charge is 2.14. The van der Waals surface area contributed by atoms with E-state index in [1.165, 1.54) is 11.3 Å². The van der Waals surface area contributed by atoms with E-state index in [0.29, 0.717) is 27.9 Å². The van der Waals surface area contributed by atoms with Gasteiger partial charge < -0.3 is 20.1 Å². The maximum atomic E-state index is 12.4.